The van der Waals surface area contributed by atoms with Crippen molar-refractivity contribution in [1.29, 1.82) is 0 Å². The fourth-order valence-electron chi connectivity index (χ4n) is 3.58. The first-order valence-corrected chi connectivity index (χ1v) is 10.7. The molecule has 4 nitrogen and oxygen atoms in total. The summed E-state index contributed by atoms with van der Waals surface area (Å²) in [5, 5.41) is 5.24. The predicted molar refractivity (Wildman–Crippen MR) is 124 cm³/mol. The van der Waals surface area contributed by atoms with Gasteiger partial charge in [0.15, 0.2) is 0 Å². The van der Waals surface area contributed by atoms with E-state index in [-0.39, 0.29) is 0 Å². The summed E-state index contributed by atoms with van der Waals surface area (Å²) in [6, 6.07) is 28.5. The second-order valence-electron chi connectivity index (χ2n) is 7.40. The van der Waals surface area contributed by atoms with E-state index in [0.29, 0.717) is 6.61 Å². The fraction of sp³-hybridized carbons (Fsp3) is 0.240. The molecule has 1 aliphatic heterocycles. The van der Waals surface area contributed by atoms with Gasteiger partial charge in [-0.05, 0) is 29.8 Å². The molecule has 0 aromatic heterocycles. The van der Waals surface area contributed by atoms with Crippen LogP contribution in [0.15, 0.2) is 90.1 Å². The van der Waals surface area contributed by atoms with Crippen LogP contribution in [0.25, 0.3) is 0 Å². The molecule has 3 aromatic rings. The topological polar surface area (TPSA) is 28.1 Å². The molecule has 1 fully saturated rings. The van der Waals surface area contributed by atoms with Crippen molar-refractivity contribution in [3.8, 4) is 0 Å². The summed E-state index contributed by atoms with van der Waals surface area (Å²) in [6.07, 6.45) is 0. The Hall–Kier alpha value is -2.82. The Kier molecular flexibility index (Phi) is 7.01. The van der Waals surface area contributed by atoms with Gasteiger partial charge in [-0.15, -0.1) is 0 Å². The molecule has 5 heteroatoms. The lowest BCUT2D eigenvalue weighted by molar-refractivity contribution is 0.129. The Morgan fingerprint density at radius 1 is 0.800 bits per heavy atom. The minimum Gasteiger partial charge on any atom is -0.391 e. The lowest BCUT2D eigenvalue weighted by Gasteiger charge is -2.36. The number of rotatable bonds is 7. The normalized spacial score (nSPS) is 15.2. The highest BCUT2D eigenvalue weighted by molar-refractivity contribution is 6.30. The molecule has 1 saturated heterocycles. The number of hydrogen-bond acceptors (Lipinski definition) is 4. The second kappa shape index (κ2) is 10.3. The molecule has 0 N–H and O–H groups in total. The molecule has 0 aliphatic carbocycles. The maximum absolute atomic E-state index is 5.96. The molecular weight excluding hydrogens is 394 g/mol. The minimum absolute atomic E-state index is 0.426. The van der Waals surface area contributed by atoms with Crippen LogP contribution in [0.2, 0.25) is 5.02 Å². The molecule has 0 amide bonds. The van der Waals surface area contributed by atoms with Gasteiger partial charge in [-0.3, -0.25) is 4.90 Å². The van der Waals surface area contributed by atoms with Crippen LogP contribution in [0.1, 0.15) is 11.1 Å². The molecule has 1 heterocycles. The van der Waals surface area contributed by atoms with Crippen LogP contribution in [-0.2, 0) is 11.4 Å². The lowest BCUT2D eigenvalue weighted by Crippen LogP contribution is -2.48. The first-order valence-electron chi connectivity index (χ1n) is 10.3. The number of benzene rings is 3. The van der Waals surface area contributed by atoms with Crippen molar-refractivity contribution in [1.82, 2.24) is 4.90 Å². The van der Waals surface area contributed by atoms with Crippen LogP contribution in [0.4, 0.5) is 5.69 Å². The van der Waals surface area contributed by atoms with Gasteiger partial charge in [-0.25, -0.2) is 0 Å². The van der Waals surface area contributed by atoms with E-state index in [2.05, 4.69) is 57.4 Å². The molecule has 0 saturated carbocycles. The standard InChI is InChI=1S/C25H26ClN3O/c26-23-13-11-21(12-14-23)20-30-27-25(22-7-3-1-4-8-22)19-28-15-17-29(18-16-28)24-9-5-2-6-10-24/h1-14H,15-20H2/b27-25-. The molecule has 154 valence electrons. The number of hydrogen-bond donors (Lipinski definition) is 0. The number of oxime groups is 1. The highest BCUT2D eigenvalue weighted by atomic mass is 35.5. The average Bonchev–Trinajstić information content (AvgIpc) is 2.81. The highest BCUT2D eigenvalue weighted by Gasteiger charge is 2.19. The molecule has 0 unspecified atom stereocenters. The molecule has 3 aromatic carbocycles. The van der Waals surface area contributed by atoms with Gasteiger partial charge in [0.05, 0.1) is 0 Å². The summed E-state index contributed by atoms with van der Waals surface area (Å²) in [5.74, 6) is 0. The van der Waals surface area contributed by atoms with Crippen molar-refractivity contribution < 1.29 is 4.84 Å². The molecule has 30 heavy (non-hydrogen) atoms. The fourth-order valence-corrected chi connectivity index (χ4v) is 3.71. The summed E-state index contributed by atoms with van der Waals surface area (Å²) in [6.45, 7) is 5.22. The van der Waals surface area contributed by atoms with Crippen LogP contribution in [0.5, 0.6) is 0 Å². The monoisotopic (exact) mass is 419 g/mol. The summed E-state index contributed by atoms with van der Waals surface area (Å²) in [4.78, 5) is 10.6. The smallest absolute Gasteiger partial charge is 0.142 e. The van der Waals surface area contributed by atoms with Crippen LogP contribution in [0, 0.1) is 0 Å². The Morgan fingerprint density at radius 2 is 1.43 bits per heavy atom. The SMILES string of the molecule is Clc1ccc(CO/N=C(/CN2CCN(c3ccccc3)CC2)c2ccccc2)cc1. The van der Waals surface area contributed by atoms with Crippen LogP contribution < -0.4 is 4.90 Å². The summed E-state index contributed by atoms with van der Waals surface area (Å²) >= 11 is 5.96. The van der Waals surface area contributed by atoms with Crippen molar-refractivity contribution in [2.24, 2.45) is 5.16 Å². The number of nitrogens with zero attached hydrogens (tertiary/aromatic N) is 3. The molecule has 0 spiro atoms. The van der Waals surface area contributed by atoms with Crippen LogP contribution in [-0.4, -0.2) is 43.3 Å². The van der Waals surface area contributed by atoms with E-state index >= 15 is 0 Å². The van der Waals surface area contributed by atoms with Gasteiger partial charge >= 0.3 is 0 Å². The van der Waals surface area contributed by atoms with E-state index in [9.17, 15) is 0 Å². The van der Waals surface area contributed by atoms with Crippen molar-refractivity contribution >= 4 is 23.0 Å². The molecule has 0 radical (unpaired) electrons. The Labute approximate surface area is 183 Å². The number of para-hydroxylation sites is 1. The molecule has 0 bridgehead atoms. The maximum Gasteiger partial charge on any atom is 0.142 e. The van der Waals surface area contributed by atoms with E-state index in [1.807, 2.05) is 42.5 Å². The minimum atomic E-state index is 0.426. The zero-order valence-electron chi connectivity index (χ0n) is 17.0. The largest absolute Gasteiger partial charge is 0.391 e. The third kappa shape index (κ3) is 5.62. The van der Waals surface area contributed by atoms with Crippen molar-refractivity contribution in [2.75, 3.05) is 37.6 Å². The zero-order valence-corrected chi connectivity index (χ0v) is 17.7. The molecule has 1 aliphatic rings. The van der Waals surface area contributed by atoms with E-state index in [4.69, 9.17) is 16.4 Å². The zero-order chi connectivity index (χ0) is 20.6. The van der Waals surface area contributed by atoms with Crippen molar-refractivity contribution in [2.45, 2.75) is 6.61 Å². The first-order chi connectivity index (χ1) is 14.8. The maximum atomic E-state index is 5.96. The van der Waals surface area contributed by atoms with Gasteiger partial charge in [0.1, 0.15) is 12.3 Å². The van der Waals surface area contributed by atoms with E-state index < -0.39 is 0 Å². The number of piperazine rings is 1. The van der Waals surface area contributed by atoms with Crippen molar-refractivity contribution in [3.05, 3.63) is 101 Å². The van der Waals surface area contributed by atoms with Gasteiger partial charge in [0.2, 0.25) is 0 Å². The average molecular weight is 420 g/mol. The Bertz CT molecular complexity index is 937. The van der Waals surface area contributed by atoms with Gasteiger partial charge in [0, 0.05) is 49.0 Å². The van der Waals surface area contributed by atoms with Gasteiger partial charge in [-0.1, -0.05) is 77.4 Å². The van der Waals surface area contributed by atoms with Gasteiger partial charge < -0.3 is 9.74 Å². The lowest BCUT2D eigenvalue weighted by atomic mass is 10.1. The molecule has 4 rings (SSSR count). The molecular formula is C25H26ClN3O. The van der Waals surface area contributed by atoms with Crippen molar-refractivity contribution in [3.63, 3.8) is 0 Å². The third-order valence-corrected chi connectivity index (χ3v) is 5.55. The first kappa shape index (κ1) is 20.5. The Morgan fingerprint density at radius 3 is 2.10 bits per heavy atom. The Balaban J connectivity index is 1.39. The van der Waals surface area contributed by atoms with E-state index in [0.717, 1.165) is 54.6 Å². The highest BCUT2D eigenvalue weighted by Crippen LogP contribution is 2.16. The van der Waals surface area contributed by atoms with E-state index in [1.165, 1.54) is 5.69 Å². The molecule has 0 atom stereocenters. The number of halogens is 1. The quantitative estimate of drug-likeness (QED) is 0.394. The van der Waals surface area contributed by atoms with Crippen LogP contribution in [0.3, 0.4) is 0 Å². The summed E-state index contributed by atoms with van der Waals surface area (Å²) in [7, 11) is 0. The summed E-state index contributed by atoms with van der Waals surface area (Å²) < 4.78 is 0. The van der Waals surface area contributed by atoms with Gasteiger partial charge in [-0.2, -0.15) is 0 Å². The van der Waals surface area contributed by atoms with E-state index in [1.54, 1.807) is 0 Å². The third-order valence-electron chi connectivity index (χ3n) is 5.29. The summed E-state index contributed by atoms with van der Waals surface area (Å²) in [5.41, 5.74) is 4.39. The van der Waals surface area contributed by atoms with Gasteiger partial charge in [0.25, 0.3) is 0 Å². The second-order valence-corrected chi connectivity index (χ2v) is 7.84. The van der Waals surface area contributed by atoms with Crippen LogP contribution >= 0.6 is 11.6 Å². The predicted octanol–water partition coefficient (Wildman–Crippen LogP) is 5.08. The number of anilines is 1.